The summed E-state index contributed by atoms with van der Waals surface area (Å²) in [5.41, 5.74) is -0.382. The van der Waals surface area contributed by atoms with Crippen molar-refractivity contribution in [2.45, 2.75) is 6.54 Å². The Morgan fingerprint density at radius 3 is 2.93 bits per heavy atom. The van der Waals surface area contributed by atoms with Gasteiger partial charge in [0.05, 0.1) is 31.6 Å². The summed E-state index contributed by atoms with van der Waals surface area (Å²) in [6.45, 7) is 1.51. The second kappa shape index (κ2) is 3.51. The van der Waals surface area contributed by atoms with Crippen LogP contribution >= 0.6 is 0 Å². The first-order valence-corrected chi connectivity index (χ1v) is 4.45. The van der Waals surface area contributed by atoms with E-state index in [2.05, 4.69) is 4.98 Å². The molecule has 5 heteroatoms. The Morgan fingerprint density at radius 2 is 2.43 bits per heavy atom. The molecule has 1 saturated heterocycles. The Bertz CT molecular complexity index is 365. The van der Waals surface area contributed by atoms with E-state index in [4.69, 9.17) is 4.74 Å². The van der Waals surface area contributed by atoms with E-state index in [-0.39, 0.29) is 17.6 Å². The van der Waals surface area contributed by atoms with Gasteiger partial charge in [0.25, 0.3) is 5.56 Å². The Hall–Kier alpha value is -1.20. The third kappa shape index (κ3) is 1.56. The minimum atomic E-state index is -0.285. The Labute approximate surface area is 81.0 Å². The van der Waals surface area contributed by atoms with Crippen LogP contribution in [-0.2, 0) is 11.3 Å². The summed E-state index contributed by atoms with van der Waals surface area (Å²) < 4.78 is 6.54. The van der Waals surface area contributed by atoms with Crippen molar-refractivity contribution in [3.63, 3.8) is 0 Å². The van der Waals surface area contributed by atoms with Crippen LogP contribution in [-0.4, -0.2) is 34.5 Å². The highest BCUT2D eigenvalue weighted by Crippen LogP contribution is 2.27. The van der Waals surface area contributed by atoms with Crippen LogP contribution < -0.4 is 5.56 Å². The van der Waals surface area contributed by atoms with Crippen LogP contribution in [0.2, 0.25) is 0 Å². The predicted molar refractivity (Wildman–Crippen MR) is 48.8 cm³/mol. The van der Waals surface area contributed by atoms with Gasteiger partial charge in [-0.2, -0.15) is 0 Å². The highest BCUT2D eigenvalue weighted by molar-refractivity contribution is 4.89. The average Bonchev–Trinajstić information content (AvgIpc) is 2.14. The molecule has 0 aromatic carbocycles. The highest BCUT2D eigenvalue weighted by Gasteiger charge is 2.38. The molecule has 0 saturated carbocycles. The van der Waals surface area contributed by atoms with Gasteiger partial charge in [0.2, 0.25) is 0 Å². The number of aromatic nitrogens is 2. The van der Waals surface area contributed by atoms with E-state index in [0.29, 0.717) is 19.8 Å². The molecule has 1 fully saturated rings. The van der Waals surface area contributed by atoms with Crippen molar-refractivity contribution in [2.75, 3.05) is 19.8 Å². The number of nitrogens with zero attached hydrogens (tertiary/aromatic N) is 2. The SMILES string of the molecule is O=c1ccncn1CC1(CO)COC1. The molecular weight excluding hydrogens is 184 g/mol. The maximum atomic E-state index is 11.4. The van der Waals surface area contributed by atoms with Crippen LogP contribution in [0.15, 0.2) is 23.4 Å². The van der Waals surface area contributed by atoms with E-state index in [1.807, 2.05) is 0 Å². The summed E-state index contributed by atoms with van der Waals surface area (Å²) in [4.78, 5) is 15.2. The van der Waals surface area contributed by atoms with E-state index in [0.717, 1.165) is 0 Å². The number of aliphatic hydroxyl groups excluding tert-OH is 1. The van der Waals surface area contributed by atoms with Crippen molar-refractivity contribution in [1.29, 1.82) is 0 Å². The number of aliphatic hydroxyl groups is 1. The van der Waals surface area contributed by atoms with Crippen molar-refractivity contribution in [3.05, 3.63) is 28.9 Å². The van der Waals surface area contributed by atoms with Gasteiger partial charge in [-0.15, -0.1) is 0 Å². The quantitative estimate of drug-likeness (QED) is 0.691. The number of hydrogen-bond acceptors (Lipinski definition) is 4. The molecule has 2 rings (SSSR count). The number of hydrogen-bond donors (Lipinski definition) is 1. The molecule has 0 bridgehead atoms. The number of rotatable bonds is 3. The van der Waals surface area contributed by atoms with E-state index in [1.165, 1.54) is 23.2 Å². The van der Waals surface area contributed by atoms with Crippen LogP contribution in [0.25, 0.3) is 0 Å². The Balaban J connectivity index is 2.18. The lowest BCUT2D eigenvalue weighted by atomic mass is 9.87. The molecule has 14 heavy (non-hydrogen) atoms. The third-order valence-corrected chi connectivity index (χ3v) is 2.45. The molecule has 1 N–H and O–H groups in total. The van der Waals surface area contributed by atoms with Crippen LogP contribution in [0.3, 0.4) is 0 Å². The first kappa shape index (κ1) is 9.36. The van der Waals surface area contributed by atoms with Gasteiger partial charge in [0.1, 0.15) is 0 Å². The van der Waals surface area contributed by atoms with Gasteiger partial charge >= 0.3 is 0 Å². The average molecular weight is 196 g/mol. The highest BCUT2D eigenvalue weighted by atomic mass is 16.5. The lowest BCUT2D eigenvalue weighted by Crippen LogP contribution is -2.50. The summed E-state index contributed by atoms with van der Waals surface area (Å²) >= 11 is 0. The normalized spacial score (nSPS) is 18.9. The topological polar surface area (TPSA) is 64.4 Å². The van der Waals surface area contributed by atoms with Crippen LogP contribution in [0.1, 0.15) is 0 Å². The van der Waals surface area contributed by atoms with Crippen molar-refractivity contribution in [1.82, 2.24) is 9.55 Å². The van der Waals surface area contributed by atoms with E-state index >= 15 is 0 Å². The molecule has 0 radical (unpaired) electrons. The second-order valence-electron chi connectivity index (χ2n) is 3.70. The molecule has 1 aliphatic rings. The summed E-state index contributed by atoms with van der Waals surface area (Å²) in [5.74, 6) is 0. The molecule has 1 aromatic rings. The monoisotopic (exact) mass is 196 g/mol. The smallest absolute Gasteiger partial charge is 0.253 e. The minimum Gasteiger partial charge on any atom is -0.396 e. The first-order chi connectivity index (χ1) is 6.76. The van der Waals surface area contributed by atoms with Crippen molar-refractivity contribution < 1.29 is 9.84 Å². The molecule has 0 aliphatic carbocycles. The summed E-state index contributed by atoms with van der Waals surface area (Å²) in [6, 6.07) is 1.41. The van der Waals surface area contributed by atoms with Crippen molar-refractivity contribution in [3.8, 4) is 0 Å². The van der Waals surface area contributed by atoms with Crippen molar-refractivity contribution in [2.24, 2.45) is 5.41 Å². The fraction of sp³-hybridized carbons (Fsp3) is 0.556. The molecule has 1 aliphatic heterocycles. The minimum absolute atomic E-state index is 0.0360. The lowest BCUT2D eigenvalue weighted by molar-refractivity contribution is -0.145. The van der Waals surface area contributed by atoms with Gasteiger partial charge in [0.15, 0.2) is 0 Å². The van der Waals surface area contributed by atoms with Gasteiger partial charge in [-0.25, -0.2) is 4.98 Å². The van der Waals surface area contributed by atoms with Gasteiger partial charge in [-0.1, -0.05) is 0 Å². The van der Waals surface area contributed by atoms with Gasteiger partial charge in [-0.05, 0) is 0 Å². The zero-order chi connectivity index (χ0) is 10.0. The molecule has 0 atom stereocenters. The fourth-order valence-corrected chi connectivity index (χ4v) is 1.48. The number of ether oxygens (including phenoxy) is 1. The van der Waals surface area contributed by atoms with E-state index in [9.17, 15) is 9.90 Å². The van der Waals surface area contributed by atoms with Gasteiger partial charge in [-0.3, -0.25) is 9.36 Å². The summed E-state index contributed by atoms with van der Waals surface area (Å²) in [5, 5.41) is 9.17. The van der Waals surface area contributed by atoms with Gasteiger partial charge < -0.3 is 9.84 Å². The van der Waals surface area contributed by atoms with Crippen molar-refractivity contribution >= 4 is 0 Å². The zero-order valence-corrected chi connectivity index (χ0v) is 7.72. The lowest BCUT2D eigenvalue weighted by Gasteiger charge is -2.39. The zero-order valence-electron chi connectivity index (χ0n) is 7.72. The molecule has 5 nitrogen and oxygen atoms in total. The van der Waals surface area contributed by atoms with Crippen LogP contribution in [0, 0.1) is 5.41 Å². The molecular formula is C9H12N2O3. The maximum Gasteiger partial charge on any atom is 0.253 e. The fourth-order valence-electron chi connectivity index (χ4n) is 1.48. The molecule has 0 unspecified atom stereocenters. The molecule has 76 valence electrons. The molecule has 0 amide bonds. The van der Waals surface area contributed by atoms with Crippen LogP contribution in [0.5, 0.6) is 0 Å². The molecule has 2 heterocycles. The third-order valence-electron chi connectivity index (χ3n) is 2.45. The first-order valence-electron chi connectivity index (χ1n) is 4.45. The van der Waals surface area contributed by atoms with E-state index in [1.54, 1.807) is 0 Å². The second-order valence-corrected chi connectivity index (χ2v) is 3.70. The van der Waals surface area contributed by atoms with E-state index < -0.39 is 0 Å². The summed E-state index contributed by atoms with van der Waals surface area (Å²) in [7, 11) is 0. The summed E-state index contributed by atoms with van der Waals surface area (Å²) in [6.07, 6.45) is 2.94. The maximum absolute atomic E-state index is 11.4. The molecule has 0 spiro atoms. The Morgan fingerprint density at radius 1 is 1.64 bits per heavy atom. The van der Waals surface area contributed by atoms with Gasteiger partial charge in [0, 0.05) is 18.8 Å². The molecule has 1 aromatic heterocycles. The predicted octanol–water partition coefficient (Wildman–Crippen LogP) is -0.748. The van der Waals surface area contributed by atoms with Crippen LogP contribution in [0.4, 0.5) is 0 Å². The standard InChI is InChI=1S/C9H12N2O3/c12-4-9(5-14-6-9)3-11-7-10-2-1-8(11)13/h1-2,7,12H,3-6H2. The Kier molecular flexibility index (Phi) is 2.35. The largest absolute Gasteiger partial charge is 0.396 e.